The number of aliphatic imine (C=N–C) groups is 1. The number of pyridine rings is 1. The third-order valence-electron chi connectivity index (χ3n) is 3.69. The molecule has 1 N–H and O–H groups in total. The number of benzene rings is 2. The van der Waals surface area contributed by atoms with Crippen LogP contribution in [-0.4, -0.2) is 21.3 Å². The van der Waals surface area contributed by atoms with Crippen LogP contribution in [0.15, 0.2) is 64.1 Å². The van der Waals surface area contributed by atoms with Crippen molar-refractivity contribution in [3.63, 3.8) is 0 Å². The minimum atomic E-state index is 0.241. The number of phenolic OH excluding ortho intramolecular Hbond substituents is 1. The van der Waals surface area contributed by atoms with Gasteiger partial charge < -0.3 is 9.52 Å². The second-order valence-electron chi connectivity index (χ2n) is 5.47. The molecule has 0 aliphatic rings. The molecule has 0 radical (unpaired) electrons. The highest BCUT2D eigenvalue weighted by molar-refractivity contribution is 14.1. The van der Waals surface area contributed by atoms with Gasteiger partial charge in [0, 0.05) is 27.1 Å². The molecule has 0 fully saturated rings. The van der Waals surface area contributed by atoms with Gasteiger partial charge in [-0.05, 0) is 93.7 Å². The van der Waals surface area contributed by atoms with E-state index in [-0.39, 0.29) is 5.75 Å². The number of hydrogen-bond acceptors (Lipinski definition) is 5. The highest BCUT2D eigenvalue weighted by Crippen LogP contribution is 2.27. The summed E-state index contributed by atoms with van der Waals surface area (Å²) < 4.78 is 7.57. The Labute approximate surface area is 176 Å². The molecule has 0 aliphatic heterocycles. The summed E-state index contributed by atoms with van der Waals surface area (Å²) >= 11 is 4.33. The van der Waals surface area contributed by atoms with E-state index in [0.29, 0.717) is 22.7 Å². The first-order chi connectivity index (χ1) is 12.6. The van der Waals surface area contributed by atoms with Gasteiger partial charge in [0.1, 0.15) is 5.75 Å². The van der Waals surface area contributed by atoms with Crippen LogP contribution in [0.3, 0.4) is 0 Å². The topological polar surface area (TPSA) is 71.5 Å². The van der Waals surface area contributed by atoms with E-state index < -0.39 is 0 Å². The molecule has 0 atom stereocenters. The maximum Gasteiger partial charge on any atom is 0.228 e. The summed E-state index contributed by atoms with van der Waals surface area (Å²) in [6.45, 7) is 0. The Morgan fingerprint density at radius 3 is 2.65 bits per heavy atom. The fraction of sp³-hybridized carbons (Fsp3) is 0. The van der Waals surface area contributed by atoms with Gasteiger partial charge in [-0.25, -0.2) is 4.98 Å². The smallest absolute Gasteiger partial charge is 0.228 e. The number of aromatic nitrogens is 2. The molecule has 5 nitrogen and oxygen atoms in total. The summed E-state index contributed by atoms with van der Waals surface area (Å²) in [5.41, 5.74) is 3.57. The van der Waals surface area contributed by atoms with E-state index in [1.54, 1.807) is 12.4 Å². The third kappa shape index (κ3) is 3.58. The Morgan fingerprint density at radius 1 is 1.08 bits per heavy atom. The van der Waals surface area contributed by atoms with Gasteiger partial charge in [-0.15, -0.1) is 0 Å². The number of nitrogens with zero attached hydrogens (tertiary/aromatic N) is 3. The lowest BCUT2D eigenvalue weighted by molar-refractivity contribution is 0.470. The zero-order valence-electron chi connectivity index (χ0n) is 13.2. The van der Waals surface area contributed by atoms with Crippen molar-refractivity contribution in [1.29, 1.82) is 0 Å². The molecule has 0 amide bonds. The number of aromatic hydroxyl groups is 1. The van der Waals surface area contributed by atoms with Crippen molar-refractivity contribution < 1.29 is 9.52 Å². The van der Waals surface area contributed by atoms with Crippen LogP contribution in [0.1, 0.15) is 5.56 Å². The van der Waals surface area contributed by atoms with Gasteiger partial charge in [0.15, 0.2) is 11.2 Å². The first kappa shape index (κ1) is 17.4. The third-order valence-corrected chi connectivity index (χ3v) is 5.13. The van der Waals surface area contributed by atoms with E-state index in [4.69, 9.17) is 4.42 Å². The van der Waals surface area contributed by atoms with Crippen LogP contribution in [0.4, 0.5) is 5.69 Å². The Kier molecular flexibility index (Phi) is 4.90. The number of rotatable bonds is 3. The maximum atomic E-state index is 10.1. The molecule has 0 bridgehead atoms. The number of halogens is 2. The summed E-state index contributed by atoms with van der Waals surface area (Å²) in [6.07, 6.45) is 3.35. The molecule has 7 heteroatoms. The van der Waals surface area contributed by atoms with Crippen LogP contribution in [0.2, 0.25) is 0 Å². The fourth-order valence-corrected chi connectivity index (χ4v) is 4.30. The molecule has 0 aliphatic carbocycles. The lowest BCUT2D eigenvalue weighted by atomic mass is 10.2. The van der Waals surface area contributed by atoms with Crippen molar-refractivity contribution in [2.45, 2.75) is 0 Å². The molecule has 0 spiro atoms. The van der Waals surface area contributed by atoms with Crippen LogP contribution in [0.5, 0.6) is 5.75 Å². The van der Waals surface area contributed by atoms with E-state index >= 15 is 0 Å². The van der Waals surface area contributed by atoms with Gasteiger partial charge >= 0.3 is 0 Å². The van der Waals surface area contributed by atoms with Crippen molar-refractivity contribution in [2.24, 2.45) is 4.99 Å². The standard InChI is InChI=1S/C19H11I2N3O2/c20-13-8-12(17(25)15(21)9-13)10-23-14-5-3-11(4-6-14)19-24-18-16(26-19)2-1-7-22-18/h1-10,25H. The fourth-order valence-electron chi connectivity index (χ4n) is 2.41. The van der Waals surface area contributed by atoms with Crippen LogP contribution in [0.25, 0.3) is 22.7 Å². The van der Waals surface area contributed by atoms with Crippen LogP contribution in [-0.2, 0) is 0 Å². The Bertz CT molecular complexity index is 1090. The zero-order chi connectivity index (χ0) is 18.1. The maximum absolute atomic E-state index is 10.1. The molecule has 0 unspecified atom stereocenters. The SMILES string of the molecule is Oc1c(I)cc(I)cc1C=Nc1ccc(-c2nc3ncccc3o2)cc1. The minimum Gasteiger partial charge on any atom is -0.506 e. The van der Waals surface area contributed by atoms with Gasteiger partial charge in [0.05, 0.1) is 9.26 Å². The molecule has 0 saturated heterocycles. The number of oxazole rings is 1. The van der Waals surface area contributed by atoms with Gasteiger partial charge in [0.25, 0.3) is 0 Å². The molecular weight excluding hydrogens is 556 g/mol. The molecule has 4 rings (SSSR count). The summed E-state index contributed by atoms with van der Waals surface area (Å²) in [5.74, 6) is 0.768. The monoisotopic (exact) mass is 567 g/mol. The first-order valence-electron chi connectivity index (χ1n) is 7.64. The second-order valence-corrected chi connectivity index (χ2v) is 7.88. The largest absolute Gasteiger partial charge is 0.506 e. The summed E-state index contributed by atoms with van der Waals surface area (Å²) in [5, 5.41) is 10.1. The normalized spacial score (nSPS) is 11.5. The molecule has 128 valence electrons. The van der Waals surface area contributed by atoms with Crippen molar-refractivity contribution in [2.75, 3.05) is 0 Å². The van der Waals surface area contributed by atoms with Crippen molar-refractivity contribution in [3.8, 4) is 17.2 Å². The first-order valence-corrected chi connectivity index (χ1v) is 9.80. The molecule has 2 aromatic heterocycles. The summed E-state index contributed by atoms with van der Waals surface area (Å²) in [7, 11) is 0. The molecular formula is C19H11I2N3O2. The van der Waals surface area contributed by atoms with Gasteiger partial charge in [-0.3, -0.25) is 4.99 Å². The van der Waals surface area contributed by atoms with Gasteiger partial charge in [-0.1, -0.05) is 0 Å². The van der Waals surface area contributed by atoms with E-state index in [1.807, 2.05) is 48.5 Å². The van der Waals surface area contributed by atoms with Crippen LogP contribution >= 0.6 is 45.2 Å². The molecule has 0 saturated carbocycles. The predicted octanol–water partition coefficient (Wildman–Crippen LogP) is 5.56. The highest BCUT2D eigenvalue weighted by Gasteiger charge is 2.08. The minimum absolute atomic E-state index is 0.241. The Balaban J connectivity index is 1.60. The van der Waals surface area contributed by atoms with E-state index in [0.717, 1.165) is 18.4 Å². The van der Waals surface area contributed by atoms with E-state index in [9.17, 15) is 5.11 Å². The average molecular weight is 567 g/mol. The van der Waals surface area contributed by atoms with Gasteiger partial charge in [-0.2, -0.15) is 4.98 Å². The number of phenols is 1. The van der Waals surface area contributed by atoms with Crippen molar-refractivity contribution in [1.82, 2.24) is 9.97 Å². The van der Waals surface area contributed by atoms with Crippen molar-refractivity contribution >= 4 is 68.3 Å². The van der Waals surface area contributed by atoms with E-state index in [2.05, 4.69) is 60.1 Å². The summed E-state index contributed by atoms with van der Waals surface area (Å²) in [4.78, 5) is 13.0. The molecule has 4 aromatic rings. The van der Waals surface area contributed by atoms with E-state index in [1.165, 1.54) is 0 Å². The van der Waals surface area contributed by atoms with Crippen LogP contribution < -0.4 is 0 Å². The zero-order valence-corrected chi connectivity index (χ0v) is 17.5. The molecule has 2 heterocycles. The Hall–Kier alpha value is -2.01. The predicted molar refractivity (Wildman–Crippen MR) is 118 cm³/mol. The number of hydrogen-bond donors (Lipinski definition) is 1. The van der Waals surface area contributed by atoms with Crippen molar-refractivity contribution in [3.05, 3.63) is 67.4 Å². The quantitative estimate of drug-likeness (QED) is 0.260. The van der Waals surface area contributed by atoms with Crippen LogP contribution in [0, 0.1) is 7.14 Å². The lowest BCUT2D eigenvalue weighted by Crippen LogP contribution is -1.87. The second kappa shape index (κ2) is 7.31. The van der Waals surface area contributed by atoms with Gasteiger partial charge in [0.2, 0.25) is 5.89 Å². The highest BCUT2D eigenvalue weighted by atomic mass is 127. The summed E-state index contributed by atoms with van der Waals surface area (Å²) in [6, 6.07) is 15.0. The molecule has 2 aromatic carbocycles. The molecule has 26 heavy (non-hydrogen) atoms. The average Bonchev–Trinajstić information content (AvgIpc) is 3.08. The number of fused-ring (bicyclic) bond motifs is 1. The lowest BCUT2D eigenvalue weighted by Gasteiger charge is -2.03. The Morgan fingerprint density at radius 2 is 1.88 bits per heavy atom.